The number of carbonyl (C=O) groups excluding carboxylic acids is 1. The number of benzene rings is 1. The van der Waals surface area contributed by atoms with Gasteiger partial charge in [0.05, 0.1) is 13.2 Å². The van der Waals surface area contributed by atoms with Crippen LogP contribution >= 0.6 is 11.6 Å². The molecule has 1 aromatic carbocycles. The highest BCUT2D eigenvalue weighted by Gasteiger charge is 2.29. The summed E-state index contributed by atoms with van der Waals surface area (Å²) in [5, 5.41) is 4.51. The van der Waals surface area contributed by atoms with Gasteiger partial charge in [0.25, 0.3) is 5.91 Å². The molecule has 3 rings (SSSR count). The summed E-state index contributed by atoms with van der Waals surface area (Å²) in [5.41, 5.74) is 1.35. The Morgan fingerprint density at radius 1 is 1.33 bits per heavy atom. The van der Waals surface area contributed by atoms with Crippen molar-refractivity contribution in [1.29, 1.82) is 0 Å². The van der Waals surface area contributed by atoms with Gasteiger partial charge in [0.1, 0.15) is 5.58 Å². The third-order valence-electron chi connectivity index (χ3n) is 4.65. The van der Waals surface area contributed by atoms with Gasteiger partial charge >= 0.3 is 0 Å². The number of morpholine rings is 1. The SMILES string of the molecule is Cc1c(C(=O)NCC(C)(C)N2CCOCC2)oc2ccc(Cl)cc12. The van der Waals surface area contributed by atoms with Crippen molar-refractivity contribution in [3.63, 3.8) is 0 Å². The molecule has 0 bridgehead atoms. The van der Waals surface area contributed by atoms with Crippen molar-refractivity contribution >= 4 is 28.5 Å². The molecule has 1 aromatic heterocycles. The predicted molar refractivity (Wildman–Crippen MR) is 94.8 cm³/mol. The highest BCUT2D eigenvalue weighted by Crippen LogP contribution is 2.28. The molecule has 1 fully saturated rings. The second-order valence-corrected chi connectivity index (χ2v) is 7.23. The Balaban J connectivity index is 1.72. The number of aryl methyl sites for hydroxylation is 1. The number of amides is 1. The molecule has 6 heteroatoms. The quantitative estimate of drug-likeness (QED) is 0.919. The maximum absolute atomic E-state index is 12.6. The highest BCUT2D eigenvalue weighted by atomic mass is 35.5. The molecule has 5 nitrogen and oxygen atoms in total. The first-order valence-corrected chi connectivity index (χ1v) is 8.56. The predicted octanol–water partition coefficient (Wildman–Crippen LogP) is 3.24. The van der Waals surface area contributed by atoms with E-state index in [2.05, 4.69) is 24.1 Å². The summed E-state index contributed by atoms with van der Waals surface area (Å²) in [7, 11) is 0. The van der Waals surface area contributed by atoms with Gasteiger partial charge in [0.2, 0.25) is 0 Å². The normalized spacial score (nSPS) is 16.5. The third kappa shape index (κ3) is 3.43. The Bertz CT molecular complexity index is 748. The van der Waals surface area contributed by atoms with E-state index in [0.717, 1.165) is 37.3 Å². The molecule has 0 aliphatic carbocycles. The van der Waals surface area contributed by atoms with E-state index in [1.54, 1.807) is 12.1 Å². The Hall–Kier alpha value is -1.56. The minimum atomic E-state index is -0.193. The van der Waals surface area contributed by atoms with Crippen molar-refractivity contribution in [2.24, 2.45) is 0 Å². The molecular weight excluding hydrogens is 328 g/mol. The number of rotatable bonds is 4. The summed E-state index contributed by atoms with van der Waals surface area (Å²) in [6.07, 6.45) is 0. The number of hydrogen-bond acceptors (Lipinski definition) is 4. The Kier molecular flexibility index (Phi) is 4.85. The summed E-state index contributed by atoms with van der Waals surface area (Å²) < 4.78 is 11.1. The fourth-order valence-corrected chi connectivity index (χ4v) is 3.24. The third-order valence-corrected chi connectivity index (χ3v) is 4.89. The first kappa shape index (κ1) is 17.3. The average molecular weight is 351 g/mol. The molecule has 1 N–H and O–H groups in total. The van der Waals surface area contributed by atoms with Gasteiger partial charge in [0, 0.05) is 41.1 Å². The molecule has 1 aliphatic heterocycles. The number of nitrogens with one attached hydrogen (secondary N) is 1. The summed E-state index contributed by atoms with van der Waals surface area (Å²) in [6, 6.07) is 5.37. The second kappa shape index (κ2) is 6.75. The van der Waals surface area contributed by atoms with Crippen LogP contribution < -0.4 is 5.32 Å². The van der Waals surface area contributed by atoms with Crippen molar-refractivity contribution < 1.29 is 13.9 Å². The van der Waals surface area contributed by atoms with Crippen LogP contribution in [0.5, 0.6) is 0 Å². The first-order valence-electron chi connectivity index (χ1n) is 8.18. The number of hydrogen-bond donors (Lipinski definition) is 1. The number of fused-ring (bicyclic) bond motifs is 1. The fourth-order valence-electron chi connectivity index (χ4n) is 3.07. The summed E-state index contributed by atoms with van der Waals surface area (Å²) in [6.45, 7) is 9.92. The summed E-state index contributed by atoms with van der Waals surface area (Å²) in [5.74, 6) is 0.159. The van der Waals surface area contributed by atoms with Gasteiger partial charge in [0.15, 0.2) is 5.76 Å². The zero-order chi connectivity index (χ0) is 17.3. The van der Waals surface area contributed by atoms with Gasteiger partial charge in [-0.3, -0.25) is 9.69 Å². The fraction of sp³-hybridized carbons (Fsp3) is 0.500. The van der Waals surface area contributed by atoms with Crippen LogP contribution in [0.25, 0.3) is 11.0 Å². The van der Waals surface area contributed by atoms with Gasteiger partial charge in [-0.2, -0.15) is 0 Å². The van der Waals surface area contributed by atoms with E-state index in [4.69, 9.17) is 20.8 Å². The lowest BCUT2D eigenvalue weighted by Crippen LogP contribution is -2.55. The van der Waals surface area contributed by atoms with Crippen molar-refractivity contribution in [2.75, 3.05) is 32.8 Å². The van der Waals surface area contributed by atoms with Crippen molar-refractivity contribution in [2.45, 2.75) is 26.3 Å². The number of halogens is 1. The van der Waals surface area contributed by atoms with Crippen LogP contribution in [0.15, 0.2) is 22.6 Å². The average Bonchev–Trinajstić information content (AvgIpc) is 2.90. The zero-order valence-corrected chi connectivity index (χ0v) is 15.1. The van der Waals surface area contributed by atoms with Crippen LogP contribution in [-0.2, 0) is 4.74 Å². The van der Waals surface area contributed by atoms with Crippen LogP contribution in [0.2, 0.25) is 5.02 Å². The van der Waals surface area contributed by atoms with Crippen molar-refractivity contribution in [3.05, 3.63) is 34.5 Å². The molecule has 0 radical (unpaired) electrons. The summed E-state index contributed by atoms with van der Waals surface area (Å²) in [4.78, 5) is 14.9. The minimum Gasteiger partial charge on any atom is -0.451 e. The monoisotopic (exact) mass is 350 g/mol. The largest absolute Gasteiger partial charge is 0.451 e. The van der Waals surface area contributed by atoms with Crippen molar-refractivity contribution in [1.82, 2.24) is 10.2 Å². The van der Waals surface area contributed by atoms with Crippen LogP contribution in [0.4, 0.5) is 0 Å². The molecule has 2 aromatic rings. The maximum atomic E-state index is 12.6. The van der Waals surface area contributed by atoms with E-state index in [9.17, 15) is 4.79 Å². The number of nitrogens with zero attached hydrogens (tertiary/aromatic N) is 1. The van der Waals surface area contributed by atoms with Gasteiger partial charge in [-0.15, -0.1) is 0 Å². The highest BCUT2D eigenvalue weighted by molar-refractivity contribution is 6.31. The smallest absolute Gasteiger partial charge is 0.287 e. The van der Waals surface area contributed by atoms with Gasteiger partial charge < -0.3 is 14.5 Å². The molecule has 0 saturated carbocycles. The summed E-state index contributed by atoms with van der Waals surface area (Å²) >= 11 is 6.03. The van der Waals surface area contributed by atoms with Gasteiger partial charge in [-0.1, -0.05) is 11.6 Å². The lowest BCUT2D eigenvalue weighted by Gasteiger charge is -2.40. The zero-order valence-electron chi connectivity index (χ0n) is 14.3. The minimum absolute atomic E-state index is 0.136. The molecule has 1 aliphatic rings. The van der Waals surface area contributed by atoms with E-state index in [1.165, 1.54) is 0 Å². The molecule has 130 valence electrons. The molecule has 0 unspecified atom stereocenters. The number of carbonyl (C=O) groups is 1. The molecule has 24 heavy (non-hydrogen) atoms. The molecule has 0 atom stereocenters. The van der Waals surface area contributed by atoms with E-state index in [-0.39, 0.29) is 11.4 Å². The van der Waals surface area contributed by atoms with Gasteiger partial charge in [-0.05, 0) is 39.0 Å². The molecule has 2 heterocycles. The first-order chi connectivity index (χ1) is 11.4. The van der Waals surface area contributed by atoms with E-state index < -0.39 is 0 Å². The number of furan rings is 1. The second-order valence-electron chi connectivity index (χ2n) is 6.79. The van der Waals surface area contributed by atoms with Crippen molar-refractivity contribution in [3.8, 4) is 0 Å². The van der Waals surface area contributed by atoms with Crippen LogP contribution in [0, 0.1) is 6.92 Å². The maximum Gasteiger partial charge on any atom is 0.287 e. The van der Waals surface area contributed by atoms with Crippen LogP contribution in [0.3, 0.4) is 0 Å². The van der Waals surface area contributed by atoms with Crippen LogP contribution in [0.1, 0.15) is 30.0 Å². The molecule has 1 saturated heterocycles. The van der Waals surface area contributed by atoms with E-state index in [1.807, 2.05) is 13.0 Å². The Morgan fingerprint density at radius 3 is 2.75 bits per heavy atom. The van der Waals surface area contributed by atoms with E-state index in [0.29, 0.717) is 22.9 Å². The topological polar surface area (TPSA) is 54.7 Å². The van der Waals surface area contributed by atoms with Gasteiger partial charge in [-0.25, -0.2) is 0 Å². The van der Waals surface area contributed by atoms with E-state index >= 15 is 0 Å². The standard InChI is InChI=1S/C18H23ClN2O3/c1-12-14-10-13(19)4-5-15(14)24-16(12)17(22)20-11-18(2,3)21-6-8-23-9-7-21/h4-5,10H,6-9,11H2,1-3H3,(H,20,22). The Labute approximate surface area is 146 Å². The Morgan fingerprint density at radius 2 is 2.04 bits per heavy atom. The van der Waals surface area contributed by atoms with Crippen LogP contribution in [-0.4, -0.2) is 49.2 Å². The molecule has 1 amide bonds. The molecule has 0 spiro atoms. The lowest BCUT2D eigenvalue weighted by atomic mass is 10.0. The molecular formula is C18H23ClN2O3. The number of ether oxygens (including phenoxy) is 1. The lowest BCUT2D eigenvalue weighted by molar-refractivity contribution is -0.00929.